The number of carbonyl (C=O) groups is 1. The Morgan fingerprint density at radius 1 is 1.29 bits per heavy atom. The molecule has 2 aromatic rings. The molecule has 0 aliphatic heterocycles. The Kier molecular flexibility index (Phi) is 8.35. The van der Waals surface area contributed by atoms with Crippen LogP contribution in [0.2, 0.25) is 5.02 Å². The molecule has 0 bridgehead atoms. The Bertz CT molecular complexity index is 870. The number of nitrogens with one attached hydrogen (secondary N) is 2. The van der Waals surface area contributed by atoms with Crippen LogP contribution in [0.5, 0.6) is 0 Å². The number of aliphatic hydroxyl groups excluding tert-OH is 1. The van der Waals surface area contributed by atoms with E-state index in [0.29, 0.717) is 18.9 Å². The van der Waals surface area contributed by atoms with Crippen LogP contribution < -0.4 is 10.8 Å². The molecule has 0 saturated heterocycles. The number of benzene rings is 2. The fourth-order valence-corrected chi connectivity index (χ4v) is 3.20. The Labute approximate surface area is 178 Å². The molecule has 10 heteroatoms. The van der Waals surface area contributed by atoms with Gasteiger partial charge in [0.1, 0.15) is 6.61 Å². The monoisotopic (exact) mass is 528 g/mol. The maximum Gasteiger partial charge on any atom is 0.277 e. The van der Waals surface area contributed by atoms with E-state index in [1.807, 2.05) is 35.0 Å². The minimum Gasteiger partial charge on any atom is -0.391 e. The fourth-order valence-electron chi connectivity index (χ4n) is 2.30. The van der Waals surface area contributed by atoms with E-state index in [0.717, 1.165) is 3.57 Å². The van der Waals surface area contributed by atoms with E-state index in [2.05, 4.69) is 5.32 Å². The van der Waals surface area contributed by atoms with Crippen molar-refractivity contribution in [3.8, 4) is 0 Å². The van der Waals surface area contributed by atoms with Gasteiger partial charge in [0.15, 0.2) is 17.5 Å². The van der Waals surface area contributed by atoms with Gasteiger partial charge in [-0.25, -0.2) is 18.7 Å². The molecule has 1 unspecified atom stereocenters. The number of hydrogen-bond acceptors (Lipinski definition) is 4. The van der Waals surface area contributed by atoms with Gasteiger partial charge >= 0.3 is 0 Å². The highest BCUT2D eigenvalue weighted by Crippen LogP contribution is 2.32. The van der Waals surface area contributed by atoms with Gasteiger partial charge in [0.05, 0.1) is 28.1 Å². The third-order valence-electron chi connectivity index (χ3n) is 3.66. The first-order chi connectivity index (χ1) is 13.2. The van der Waals surface area contributed by atoms with E-state index in [4.69, 9.17) is 16.4 Å². The summed E-state index contributed by atoms with van der Waals surface area (Å²) in [5, 5.41) is 12.3. The second kappa shape index (κ2) is 10.3. The van der Waals surface area contributed by atoms with Gasteiger partial charge in [-0.2, -0.15) is 0 Å². The van der Waals surface area contributed by atoms with Crippen molar-refractivity contribution < 1.29 is 27.9 Å². The van der Waals surface area contributed by atoms with Gasteiger partial charge in [-0.1, -0.05) is 24.9 Å². The third kappa shape index (κ3) is 5.72. The van der Waals surface area contributed by atoms with Crippen molar-refractivity contribution in [1.82, 2.24) is 5.48 Å². The number of anilines is 2. The highest BCUT2D eigenvalue weighted by molar-refractivity contribution is 14.1. The smallest absolute Gasteiger partial charge is 0.277 e. The quantitative estimate of drug-likeness (QED) is 0.258. The Hall–Kier alpha value is -1.56. The first kappa shape index (κ1) is 22.7. The van der Waals surface area contributed by atoms with Crippen molar-refractivity contribution in [2.75, 3.05) is 11.9 Å². The van der Waals surface area contributed by atoms with Crippen LogP contribution in [0.15, 0.2) is 24.3 Å². The van der Waals surface area contributed by atoms with Crippen molar-refractivity contribution in [2.45, 2.75) is 25.9 Å². The second-order valence-corrected chi connectivity index (χ2v) is 7.50. The summed E-state index contributed by atoms with van der Waals surface area (Å²) in [7, 11) is 0. The van der Waals surface area contributed by atoms with Gasteiger partial charge in [0.2, 0.25) is 0 Å². The van der Waals surface area contributed by atoms with Crippen LogP contribution in [-0.4, -0.2) is 23.7 Å². The molecular weight excluding hydrogens is 512 g/mol. The molecule has 0 aromatic heterocycles. The predicted molar refractivity (Wildman–Crippen MR) is 108 cm³/mol. The lowest BCUT2D eigenvalue weighted by atomic mass is 10.1. The third-order valence-corrected chi connectivity index (χ3v) is 4.64. The normalized spacial score (nSPS) is 12.0. The van der Waals surface area contributed by atoms with Crippen LogP contribution in [0.25, 0.3) is 0 Å². The molecule has 28 heavy (non-hydrogen) atoms. The highest BCUT2D eigenvalue weighted by atomic mass is 127. The minimum atomic E-state index is -1.74. The van der Waals surface area contributed by atoms with Crippen LogP contribution in [-0.2, 0) is 4.84 Å². The van der Waals surface area contributed by atoms with E-state index in [1.165, 1.54) is 6.07 Å². The molecule has 2 rings (SSSR count). The Morgan fingerprint density at radius 3 is 2.64 bits per heavy atom. The average Bonchev–Trinajstić information content (AvgIpc) is 2.63. The standard InChI is InChI=1S/C18H17ClF3IN2O3/c1-2-3-10(26)8-28-25-18(27)11-7-13(20)15(21)16(22)17(11)24-14-5-4-9(23)6-12(14)19/h4-7,10,24,26H,2-3,8H2,1H3,(H,25,27). The lowest BCUT2D eigenvalue weighted by Gasteiger charge is -2.16. The van der Waals surface area contributed by atoms with E-state index in [9.17, 15) is 23.1 Å². The minimum absolute atomic E-state index is 0.195. The summed E-state index contributed by atoms with van der Waals surface area (Å²) < 4.78 is 42.5. The topological polar surface area (TPSA) is 70.6 Å². The van der Waals surface area contributed by atoms with E-state index < -0.39 is 40.7 Å². The average molecular weight is 529 g/mol. The van der Waals surface area contributed by atoms with Gasteiger partial charge in [-0.05, 0) is 53.3 Å². The molecule has 1 atom stereocenters. The number of aliphatic hydroxyl groups is 1. The molecule has 0 radical (unpaired) electrons. The van der Waals surface area contributed by atoms with Gasteiger partial charge in [0, 0.05) is 3.57 Å². The Morgan fingerprint density at radius 2 is 2.00 bits per heavy atom. The number of carbonyl (C=O) groups excluding carboxylic acids is 1. The highest BCUT2D eigenvalue weighted by Gasteiger charge is 2.24. The first-order valence-corrected chi connectivity index (χ1v) is 9.70. The SMILES string of the molecule is CCCC(O)CONC(=O)c1cc(F)c(F)c(F)c1Nc1ccc(I)cc1Cl. The van der Waals surface area contributed by atoms with Crippen LogP contribution in [0.3, 0.4) is 0 Å². The van der Waals surface area contributed by atoms with Crippen LogP contribution in [0, 0.1) is 21.0 Å². The zero-order valence-corrected chi connectivity index (χ0v) is 17.6. The lowest BCUT2D eigenvalue weighted by Crippen LogP contribution is -2.29. The number of hydrogen-bond donors (Lipinski definition) is 3. The second-order valence-electron chi connectivity index (χ2n) is 5.84. The molecule has 0 aliphatic rings. The molecule has 2 aromatic carbocycles. The fraction of sp³-hybridized carbons (Fsp3) is 0.278. The van der Waals surface area contributed by atoms with Gasteiger partial charge in [-0.15, -0.1) is 0 Å². The number of amides is 1. The summed E-state index contributed by atoms with van der Waals surface area (Å²) in [5.41, 5.74) is 1.05. The van der Waals surface area contributed by atoms with Crippen molar-refractivity contribution in [3.05, 3.63) is 55.9 Å². The molecule has 0 fully saturated rings. The maximum absolute atomic E-state index is 14.3. The van der Waals surface area contributed by atoms with E-state index in [-0.39, 0.29) is 17.3 Å². The predicted octanol–water partition coefficient (Wildman–Crippen LogP) is 4.93. The molecule has 5 nitrogen and oxygen atoms in total. The van der Waals surface area contributed by atoms with Crippen LogP contribution >= 0.6 is 34.2 Å². The largest absolute Gasteiger partial charge is 0.391 e. The molecule has 3 N–H and O–H groups in total. The number of rotatable bonds is 8. The van der Waals surface area contributed by atoms with Crippen molar-refractivity contribution in [3.63, 3.8) is 0 Å². The van der Waals surface area contributed by atoms with Gasteiger partial charge in [0.25, 0.3) is 5.91 Å². The van der Waals surface area contributed by atoms with Gasteiger partial charge < -0.3 is 10.4 Å². The molecule has 0 heterocycles. The summed E-state index contributed by atoms with van der Waals surface area (Å²) in [5.74, 6) is -5.87. The lowest BCUT2D eigenvalue weighted by molar-refractivity contribution is -0.0149. The van der Waals surface area contributed by atoms with Gasteiger partial charge in [-0.3, -0.25) is 9.63 Å². The number of halogens is 5. The molecule has 0 saturated carbocycles. The molecule has 0 spiro atoms. The van der Waals surface area contributed by atoms with Crippen LogP contribution in [0.4, 0.5) is 24.5 Å². The van der Waals surface area contributed by atoms with Crippen molar-refractivity contribution >= 4 is 51.5 Å². The zero-order valence-electron chi connectivity index (χ0n) is 14.7. The molecular formula is C18H17ClF3IN2O3. The summed E-state index contributed by atoms with van der Waals surface area (Å²) in [6.07, 6.45) is 0.348. The molecule has 1 amide bonds. The Balaban J connectivity index is 2.29. The summed E-state index contributed by atoms with van der Waals surface area (Å²) in [6, 6.07) is 5.28. The first-order valence-electron chi connectivity index (χ1n) is 8.24. The molecule has 0 aliphatic carbocycles. The summed E-state index contributed by atoms with van der Waals surface area (Å²) in [4.78, 5) is 17.2. The summed E-state index contributed by atoms with van der Waals surface area (Å²) >= 11 is 8.09. The maximum atomic E-state index is 14.3. The van der Waals surface area contributed by atoms with Crippen LogP contribution in [0.1, 0.15) is 30.1 Å². The van der Waals surface area contributed by atoms with E-state index >= 15 is 0 Å². The zero-order chi connectivity index (χ0) is 20.8. The van der Waals surface area contributed by atoms with Crippen molar-refractivity contribution in [2.24, 2.45) is 0 Å². The van der Waals surface area contributed by atoms with Crippen molar-refractivity contribution in [1.29, 1.82) is 0 Å². The number of hydroxylamine groups is 1. The summed E-state index contributed by atoms with van der Waals surface area (Å²) in [6.45, 7) is 1.65. The molecule has 152 valence electrons. The van der Waals surface area contributed by atoms with E-state index in [1.54, 1.807) is 12.1 Å².